The number of rotatable bonds is 6. The summed E-state index contributed by atoms with van der Waals surface area (Å²) in [7, 11) is -0.894. The molecule has 4 atom stereocenters. The van der Waals surface area contributed by atoms with Crippen molar-refractivity contribution in [1.82, 2.24) is 9.21 Å². The van der Waals surface area contributed by atoms with Crippen molar-refractivity contribution in [3.8, 4) is 17.6 Å². The van der Waals surface area contributed by atoms with E-state index in [1.54, 1.807) is 20.0 Å². The van der Waals surface area contributed by atoms with Gasteiger partial charge in [-0.25, -0.2) is 8.42 Å². The maximum atomic E-state index is 13.4. The number of methoxy groups -OCH3 is 1. The maximum absolute atomic E-state index is 13.4. The average Bonchev–Trinajstić information content (AvgIpc) is 2.74. The van der Waals surface area contributed by atoms with Gasteiger partial charge in [0.15, 0.2) is 0 Å². The first-order valence-electron chi connectivity index (χ1n) is 10.4. The molecule has 0 saturated carbocycles. The average molecular weight is 469 g/mol. The predicted octanol–water partition coefficient (Wildman–Crippen LogP) is 0.292. The summed E-state index contributed by atoms with van der Waals surface area (Å²) >= 11 is 0. The Balaban J connectivity index is 2.55. The molecule has 10 heteroatoms. The number of amides is 1. The summed E-state index contributed by atoms with van der Waals surface area (Å²) < 4.78 is 39.1. The van der Waals surface area contributed by atoms with Crippen molar-refractivity contribution in [3.63, 3.8) is 0 Å². The SMILES string of the molecule is COCC(=O)N(C)C[C@@H]1Oc2cc(C#C[C@H](C)O)ccc2S(=O)(=O)N([C@H](C)CO)C[C@H]1C. The van der Waals surface area contributed by atoms with Gasteiger partial charge in [0, 0.05) is 38.2 Å². The molecule has 0 radical (unpaired) electrons. The summed E-state index contributed by atoms with van der Waals surface area (Å²) in [6, 6.07) is 3.84. The number of benzene rings is 1. The first kappa shape index (κ1) is 26.1. The van der Waals surface area contributed by atoms with Gasteiger partial charge in [0.2, 0.25) is 15.9 Å². The molecule has 32 heavy (non-hydrogen) atoms. The lowest BCUT2D eigenvalue weighted by molar-refractivity contribution is -0.135. The van der Waals surface area contributed by atoms with Crippen molar-refractivity contribution in [1.29, 1.82) is 0 Å². The van der Waals surface area contributed by atoms with Gasteiger partial charge in [-0.3, -0.25) is 4.79 Å². The Labute approximate surface area is 190 Å². The fourth-order valence-electron chi connectivity index (χ4n) is 3.31. The van der Waals surface area contributed by atoms with Crippen LogP contribution in [0.5, 0.6) is 5.75 Å². The highest BCUT2D eigenvalue weighted by Gasteiger charge is 2.38. The van der Waals surface area contributed by atoms with E-state index in [0.29, 0.717) is 5.56 Å². The number of nitrogens with zero attached hydrogens (tertiary/aromatic N) is 2. The molecule has 2 rings (SSSR count). The van der Waals surface area contributed by atoms with Gasteiger partial charge in [-0.1, -0.05) is 18.8 Å². The Bertz CT molecular complexity index is 968. The van der Waals surface area contributed by atoms with E-state index in [-0.39, 0.29) is 48.8 Å². The van der Waals surface area contributed by atoms with Gasteiger partial charge in [-0.2, -0.15) is 4.31 Å². The van der Waals surface area contributed by atoms with Crippen LogP contribution in [-0.4, -0.2) is 92.5 Å². The molecule has 0 unspecified atom stereocenters. The van der Waals surface area contributed by atoms with Crippen molar-refractivity contribution >= 4 is 15.9 Å². The van der Waals surface area contributed by atoms with Crippen molar-refractivity contribution < 1.29 is 32.9 Å². The van der Waals surface area contributed by atoms with Crippen LogP contribution in [0.25, 0.3) is 0 Å². The molecule has 1 aliphatic heterocycles. The van der Waals surface area contributed by atoms with Crippen LogP contribution in [0, 0.1) is 17.8 Å². The third kappa shape index (κ3) is 6.21. The van der Waals surface area contributed by atoms with Gasteiger partial charge in [-0.05, 0) is 32.0 Å². The van der Waals surface area contributed by atoms with Crippen LogP contribution in [0.15, 0.2) is 23.1 Å². The van der Waals surface area contributed by atoms with Crippen LogP contribution in [-0.2, 0) is 19.6 Å². The van der Waals surface area contributed by atoms with E-state index in [2.05, 4.69) is 11.8 Å². The molecule has 9 nitrogen and oxygen atoms in total. The third-order valence-electron chi connectivity index (χ3n) is 5.24. The number of carbonyl (C=O) groups is 1. The van der Waals surface area contributed by atoms with Crippen LogP contribution in [0.1, 0.15) is 26.3 Å². The third-order valence-corrected chi connectivity index (χ3v) is 7.26. The van der Waals surface area contributed by atoms with Gasteiger partial charge < -0.3 is 24.6 Å². The zero-order valence-electron chi connectivity index (χ0n) is 19.1. The largest absolute Gasteiger partial charge is 0.487 e. The molecule has 0 bridgehead atoms. The second-order valence-electron chi connectivity index (χ2n) is 8.05. The lowest BCUT2D eigenvalue weighted by atomic mass is 10.0. The van der Waals surface area contributed by atoms with Crippen molar-refractivity contribution in [3.05, 3.63) is 23.8 Å². The van der Waals surface area contributed by atoms with Crippen LogP contribution < -0.4 is 4.74 Å². The smallest absolute Gasteiger partial charge is 0.248 e. The fourth-order valence-corrected chi connectivity index (χ4v) is 5.14. The van der Waals surface area contributed by atoms with Gasteiger partial charge in [0.1, 0.15) is 29.5 Å². The van der Waals surface area contributed by atoms with Gasteiger partial charge in [-0.15, -0.1) is 0 Å². The standard InChI is InChI=1S/C22H32N2O7S/c1-15-11-24(16(2)13-25)32(28,29)21-9-8-18(7-6-17(3)26)10-19(21)31-20(15)12-23(4)22(27)14-30-5/h8-10,15-17,20,25-26H,11-14H2,1-5H3/t15-,16-,17+,20+/m1/s1. The number of aliphatic hydroxyl groups excluding tert-OH is 2. The monoisotopic (exact) mass is 468 g/mol. The Morgan fingerprint density at radius 3 is 2.69 bits per heavy atom. The second-order valence-corrected chi connectivity index (χ2v) is 9.91. The molecule has 178 valence electrons. The topological polar surface area (TPSA) is 117 Å². The van der Waals surface area contributed by atoms with Crippen LogP contribution in [0.4, 0.5) is 0 Å². The number of hydrogen-bond acceptors (Lipinski definition) is 7. The Kier molecular flexibility index (Phi) is 9.07. The second kappa shape index (κ2) is 11.1. The lowest BCUT2D eigenvalue weighted by Crippen LogP contribution is -2.50. The van der Waals surface area contributed by atoms with E-state index < -0.39 is 28.3 Å². The van der Waals surface area contributed by atoms with Gasteiger partial charge >= 0.3 is 0 Å². The Morgan fingerprint density at radius 1 is 1.41 bits per heavy atom. The zero-order valence-corrected chi connectivity index (χ0v) is 19.9. The molecule has 0 saturated heterocycles. The molecular weight excluding hydrogens is 436 g/mol. The summed E-state index contributed by atoms with van der Waals surface area (Å²) in [5.74, 6) is 5.01. The minimum absolute atomic E-state index is 0.0387. The molecule has 1 amide bonds. The van der Waals surface area contributed by atoms with Crippen LogP contribution in [0.2, 0.25) is 0 Å². The van der Waals surface area contributed by atoms with E-state index in [0.717, 1.165) is 0 Å². The number of ether oxygens (including phenoxy) is 2. The molecule has 2 N–H and O–H groups in total. The Morgan fingerprint density at radius 2 is 2.09 bits per heavy atom. The summed E-state index contributed by atoms with van der Waals surface area (Å²) in [5, 5.41) is 19.1. The molecule has 1 aliphatic rings. The van der Waals surface area contributed by atoms with Gasteiger partial charge in [0.05, 0.1) is 13.2 Å². The van der Waals surface area contributed by atoms with E-state index >= 15 is 0 Å². The minimum Gasteiger partial charge on any atom is -0.487 e. The minimum atomic E-state index is -3.96. The molecule has 0 fully saturated rings. The summed E-state index contributed by atoms with van der Waals surface area (Å²) in [6.07, 6.45) is -1.36. The molecule has 1 aromatic carbocycles. The van der Waals surface area contributed by atoms with Crippen molar-refractivity contribution in [2.24, 2.45) is 5.92 Å². The summed E-state index contributed by atoms with van der Waals surface area (Å²) in [5.41, 5.74) is 0.484. The first-order chi connectivity index (χ1) is 15.0. The van der Waals surface area contributed by atoms with Crippen LogP contribution in [0.3, 0.4) is 0 Å². The molecule has 0 aromatic heterocycles. The number of carbonyl (C=O) groups excluding carboxylic acids is 1. The molecular formula is C22H32N2O7S. The van der Waals surface area contributed by atoms with Crippen molar-refractivity contribution in [2.45, 2.75) is 43.9 Å². The summed E-state index contributed by atoms with van der Waals surface area (Å²) in [4.78, 5) is 13.7. The molecule has 0 spiro atoms. The van der Waals surface area contributed by atoms with E-state index in [1.165, 1.54) is 35.4 Å². The zero-order chi connectivity index (χ0) is 24.1. The highest BCUT2D eigenvalue weighted by Crippen LogP contribution is 2.34. The van der Waals surface area contributed by atoms with E-state index in [4.69, 9.17) is 9.47 Å². The number of likely N-dealkylation sites (N-methyl/N-ethyl adjacent to an activating group) is 1. The van der Waals surface area contributed by atoms with Gasteiger partial charge in [0.25, 0.3) is 0 Å². The van der Waals surface area contributed by atoms with Crippen molar-refractivity contribution in [2.75, 3.05) is 40.5 Å². The van der Waals surface area contributed by atoms with Crippen LogP contribution >= 0.6 is 0 Å². The Hall–Kier alpha value is -2.16. The van der Waals surface area contributed by atoms with E-state index in [1.807, 2.05) is 6.92 Å². The highest BCUT2D eigenvalue weighted by molar-refractivity contribution is 7.89. The molecule has 1 aromatic rings. The number of aliphatic hydroxyl groups is 2. The van der Waals surface area contributed by atoms with E-state index in [9.17, 15) is 23.4 Å². The number of hydrogen-bond donors (Lipinski definition) is 2. The number of sulfonamides is 1. The molecule has 0 aliphatic carbocycles. The summed E-state index contributed by atoms with van der Waals surface area (Å²) in [6.45, 7) is 4.93. The highest BCUT2D eigenvalue weighted by atomic mass is 32.2. The fraction of sp³-hybridized carbons (Fsp3) is 0.591. The lowest BCUT2D eigenvalue weighted by Gasteiger charge is -2.37. The number of fused-ring (bicyclic) bond motifs is 1. The normalized spacial score (nSPS) is 22.2. The maximum Gasteiger partial charge on any atom is 0.248 e. The predicted molar refractivity (Wildman–Crippen MR) is 119 cm³/mol. The molecule has 1 heterocycles. The first-order valence-corrected chi connectivity index (χ1v) is 11.8. The quantitative estimate of drug-likeness (QED) is 0.577.